The molecule has 0 unspecified atom stereocenters. The summed E-state index contributed by atoms with van der Waals surface area (Å²) in [5.41, 5.74) is 1.30. The molecule has 1 aromatic carbocycles. The quantitative estimate of drug-likeness (QED) is 0.927. The maximum atomic E-state index is 13.5. The topological polar surface area (TPSA) is 25.2 Å². The molecule has 0 spiro atoms. The fourth-order valence-corrected chi connectivity index (χ4v) is 1.99. The third kappa shape index (κ3) is 2.28. The third-order valence-electron chi connectivity index (χ3n) is 2.37. The van der Waals surface area contributed by atoms with Crippen LogP contribution in [0, 0.1) is 5.82 Å². The van der Waals surface area contributed by atoms with Gasteiger partial charge in [0.15, 0.2) is 11.4 Å². The van der Waals surface area contributed by atoms with Crippen molar-refractivity contribution >= 4 is 26.9 Å². The summed E-state index contributed by atoms with van der Waals surface area (Å²) in [7, 11) is 0. The zero-order valence-electron chi connectivity index (χ0n) is 9.18. The van der Waals surface area contributed by atoms with Gasteiger partial charge in [-0.05, 0) is 12.1 Å². The number of hydrogen-bond donors (Lipinski definition) is 1. The van der Waals surface area contributed by atoms with E-state index in [4.69, 9.17) is 4.42 Å². The second-order valence-corrected chi connectivity index (χ2v) is 4.98. The van der Waals surface area contributed by atoms with Gasteiger partial charge in [-0.3, -0.25) is 0 Å². The van der Waals surface area contributed by atoms with E-state index in [2.05, 4.69) is 35.1 Å². The SMILES string of the molecule is CC(C)NCc1coc2c(F)cc(Br)cc12. The van der Waals surface area contributed by atoms with Gasteiger partial charge in [0.1, 0.15) is 0 Å². The van der Waals surface area contributed by atoms with Crippen LogP contribution in [0.25, 0.3) is 11.0 Å². The molecule has 1 aromatic heterocycles. The Kier molecular flexibility index (Phi) is 3.30. The smallest absolute Gasteiger partial charge is 0.169 e. The number of benzene rings is 1. The molecule has 0 atom stereocenters. The summed E-state index contributed by atoms with van der Waals surface area (Å²) in [6.07, 6.45) is 1.61. The summed E-state index contributed by atoms with van der Waals surface area (Å²) in [6.45, 7) is 4.82. The molecule has 2 aromatic rings. The first-order valence-electron chi connectivity index (χ1n) is 5.16. The molecule has 0 saturated heterocycles. The van der Waals surface area contributed by atoms with Crippen molar-refractivity contribution in [2.45, 2.75) is 26.4 Å². The Morgan fingerprint density at radius 2 is 2.19 bits per heavy atom. The van der Waals surface area contributed by atoms with E-state index in [-0.39, 0.29) is 5.82 Å². The van der Waals surface area contributed by atoms with E-state index in [0.29, 0.717) is 18.2 Å². The molecule has 1 N–H and O–H groups in total. The van der Waals surface area contributed by atoms with Gasteiger partial charge in [0.05, 0.1) is 6.26 Å². The van der Waals surface area contributed by atoms with Gasteiger partial charge in [0, 0.05) is 28.0 Å². The molecule has 0 aliphatic heterocycles. The summed E-state index contributed by atoms with van der Waals surface area (Å²) in [4.78, 5) is 0. The number of nitrogens with one attached hydrogen (secondary N) is 1. The predicted octanol–water partition coefficient (Wildman–Crippen LogP) is 3.83. The molecule has 0 amide bonds. The first-order chi connectivity index (χ1) is 7.58. The van der Waals surface area contributed by atoms with Crippen LogP contribution in [0.15, 0.2) is 27.3 Å². The van der Waals surface area contributed by atoms with E-state index in [1.807, 2.05) is 6.07 Å². The van der Waals surface area contributed by atoms with Crippen LogP contribution in [0.2, 0.25) is 0 Å². The normalized spacial score (nSPS) is 11.6. The summed E-state index contributed by atoms with van der Waals surface area (Å²) >= 11 is 3.28. The molecule has 0 radical (unpaired) electrons. The lowest BCUT2D eigenvalue weighted by atomic mass is 10.1. The number of fused-ring (bicyclic) bond motifs is 1. The van der Waals surface area contributed by atoms with E-state index >= 15 is 0 Å². The number of furan rings is 1. The first kappa shape index (κ1) is 11.6. The molecular formula is C12H13BrFNO. The van der Waals surface area contributed by atoms with Crippen molar-refractivity contribution in [3.63, 3.8) is 0 Å². The standard InChI is InChI=1S/C12H13BrFNO/c1-7(2)15-5-8-6-16-12-10(8)3-9(13)4-11(12)14/h3-4,6-7,15H,5H2,1-2H3. The number of hydrogen-bond acceptors (Lipinski definition) is 2. The first-order valence-corrected chi connectivity index (χ1v) is 5.95. The number of halogens is 2. The lowest BCUT2D eigenvalue weighted by Gasteiger charge is -2.06. The van der Waals surface area contributed by atoms with Gasteiger partial charge in [-0.25, -0.2) is 4.39 Å². The van der Waals surface area contributed by atoms with E-state index < -0.39 is 0 Å². The van der Waals surface area contributed by atoms with Crippen molar-refractivity contribution in [2.24, 2.45) is 0 Å². The monoisotopic (exact) mass is 285 g/mol. The van der Waals surface area contributed by atoms with E-state index in [0.717, 1.165) is 15.4 Å². The molecule has 0 fully saturated rings. The Hall–Kier alpha value is -0.870. The minimum Gasteiger partial charge on any atom is -0.461 e. The maximum absolute atomic E-state index is 13.5. The molecule has 0 aliphatic rings. The highest BCUT2D eigenvalue weighted by atomic mass is 79.9. The van der Waals surface area contributed by atoms with Gasteiger partial charge in [-0.15, -0.1) is 0 Å². The van der Waals surface area contributed by atoms with Gasteiger partial charge in [0.25, 0.3) is 0 Å². The van der Waals surface area contributed by atoms with Gasteiger partial charge in [-0.1, -0.05) is 29.8 Å². The van der Waals surface area contributed by atoms with Crippen molar-refractivity contribution in [3.05, 3.63) is 34.2 Å². The molecule has 16 heavy (non-hydrogen) atoms. The summed E-state index contributed by atoms with van der Waals surface area (Å²) in [5, 5.41) is 4.10. The highest BCUT2D eigenvalue weighted by Gasteiger charge is 2.11. The molecule has 2 nitrogen and oxygen atoms in total. The fraction of sp³-hybridized carbons (Fsp3) is 0.333. The minimum absolute atomic E-state index is 0.323. The predicted molar refractivity (Wildman–Crippen MR) is 65.8 cm³/mol. The Morgan fingerprint density at radius 1 is 1.44 bits per heavy atom. The van der Waals surface area contributed by atoms with Crippen LogP contribution in [-0.4, -0.2) is 6.04 Å². The third-order valence-corrected chi connectivity index (χ3v) is 2.83. The number of rotatable bonds is 3. The lowest BCUT2D eigenvalue weighted by Crippen LogP contribution is -2.21. The van der Waals surface area contributed by atoms with Gasteiger partial charge < -0.3 is 9.73 Å². The van der Waals surface area contributed by atoms with Crippen LogP contribution < -0.4 is 5.32 Å². The van der Waals surface area contributed by atoms with E-state index in [9.17, 15) is 4.39 Å². The van der Waals surface area contributed by atoms with Crippen LogP contribution in [0.3, 0.4) is 0 Å². The van der Waals surface area contributed by atoms with Crippen LogP contribution >= 0.6 is 15.9 Å². The largest absolute Gasteiger partial charge is 0.461 e. The Morgan fingerprint density at radius 3 is 2.88 bits per heavy atom. The molecule has 86 valence electrons. The average molecular weight is 286 g/mol. The molecular weight excluding hydrogens is 273 g/mol. The molecule has 0 aliphatic carbocycles. The highest BCUT2D eigenvalue weighted by molar-refractivity contribution is 9.10. The maximum Gasteiger partial charge on any atom is 0.169 e. The molecule has 2 rings (SSSR count). The van der Waals surface area contributed by atoms with Crippen LogP contribution in [0.1, 0.15) is 19.4 Å². The lowest BCUT2D eigenvalue weighted by molar-refractivity contribution is 0.549. The second kappa shape index (κ2) is 4.55. The van der Waals surface area contributed by atoms with Crippen molar-refractivity contribution in [1.82, 2.24) is 5.32 Å². The summed E-state index contributed by atoms with van der Waals surface area (Å²) in [5.74, 6) is -0.333. The average Bonchev–Trinajstić information content (AvgIpc) is 2.58. The fourth-order valence-electron chi connectivity index (χ4n) is 1.56. The summed E-state index contributed by atoms with van der Waals surface area (Å²) < 4.78 is 19.5. The Bertz CT molecular complexity index is 507. The second-order valence-electron chi connectivity index (χ2n) is 4.06. The Labute approximate surface area is 102 Å². The van der Waals surface area contributed by atoms with Crippen molar-refractivity contribution in [1.29, 1.82) is 0 Å². The summed E-state index contributed by atoms with van der Waals surface area (Å²) in [6, 6.07) is 3.67. The van der Waals surface area contributed by atoms with Crippen LogP contribution in [0.5, 0.6) is 0 Å². The molecule has 4 heteroatoms. The zero-order valence-corrected chi connectivity index (χ0v) is 10.8. The van der Waals surface area contributed by atoms with Crippen molar-refractivity contribution in [2.75, 3.05) is 0 Å². The van der Waals surface area contributed by atoms with Crippen molar-refractivity contribution in [3.8, 4) is 0 Å². The van der Waals surface area contributed by atoms with Crippen LogP contribution in [-0.2, 0) is 6.54 Å². The van der Waals surface area contributed by atoms with Crippen LogP contribution in [0.4, 0.5) is 4.39 Å². The Balaban J connectivity index is 2.40. The molecule has 0 bridgehead atoms. The van der Waals surface area contributed by atoms with Gasteiger partial charge in [-0.2, -0.15) is 0 Å². The van der Waals surface area contributed by atoms with Crippen molar-refractivity contribution < 1.29 is 8.81 Å². The molecule has 0 saturated carbocycles. The highest BCUT2D eigenvalue weighted by Crippen LogP contribution is 2.27. The zero-order chi connectivity index (χ0) is 11.7. The van der Waals surface area contributed by atoms with E-state index in [1.54, 1.807) is 6.26 Å². The molecule has 1 heterocycles. The minimum atomic E-state index is -0.333. The van der Waals surface area contributed by atoms with Gasteiger partial charge in [0.2, 0.25) is 0 Å². The van der Waals surface area contributed by atoms with Gasteiger partial charge >= 0.3 is 0 Å². The van der Waals surface area contributed by atoms with E-state index in [1.165, 1.54) is 6.07 Å².